The van der Waals surface area contributed by atoms with E-state index >= 15 is 0 Å². The van der Waals surface area contributed by atoms with Crippen molar-refractivity contribution in [1.82, 2.24) is 5.32 Å². The zero-order chi connectivity index (χ0) is 12.8. The third-order valence-electron chi connectivity index (χ3n) is 2.02. The van der Waals surface area contributed by atoms with Crippen molar-refractivity contribution in [3.05, 3.63) is 29.8 Å². The Labute approximate surface area is 104 Å². The molecule has 0 aromatic heterocycles. The fourth-order valence-electron chi connectivity index (χ4n) is 1.14. The monoisotopic (exact) mass is 251 g/mol. The van der Waals surface area contributed by atoms with Gasteiger partial charge in [-0.05, 0) is 18.6 Å². The summed E-state index contributed by atoms with van der Waals surface area (Å²) in [7, 11) is 0. The van der Waals surface area contributed by atoms with Gasteiger partial charge in [0, 0.05) is 5.69 Å². The average molecular weight is 251 g/mol. The number of aryl methyl sites for hydroxylation is 1. The van der Waals surface area contributed by atoms with Gasteiger partial charge in [0.05, 0.1) is 11.5 Å². The van der Waals surface area contributed by atoms with Crippen LogP contribution in [0, 0.1) is 6.92 Å². The van der Waals surface area contributed by atoms with Crippen LogP contribution < -0.4 is 16.4 Å². The average Bonchev–Trinajstić information content (AvgIpc) is 2.28. The van der Waals surface area contributed by atoms with Crippen molar-refractivity contribution in [2.45, 2.75) is 6.92 Å². The molecular weight excluding hydrogens is 238 g/mol. The van der Waals surface area contributed by atoms with E-state index in [9.17, 15) is 9.59 Å². The molecule has 17 heavy (non-hydrogen) atoms. The minimum Gasteiger partial charge on any atom is -0.392 e. The first kappa shape index (κ1) is 13.1. The van der Waals surface area contributed by atoms with Gasteiger partial charge >= 0.3 is 11.8 Å². The van der Waals surface area contributed by atoms with Gasteiger partial charge in [-0.25, -0.2) is 0 Å². The van der Waals surface area contributed by atoms with E-state index in [4.69, 9.17) is 5.73 Å². The molecule has 0 spiro atoms. The van der Waals surface area contributed by atoms with Crippen LogP contribution in [0.4, 0.5) is 5.69 Å². The van der Waals surface area contributed by atoms with E-state index < -0.39 is 11.8 Å². The van der Waals surface area contributed by atoms with Crippen molar-refractivity contribution in [3.8, 4) is 0 Å². The quantitative estimate of drug-likeness (QED) is 0.534. The van der Waals surface area contributed by atoms with Gasteiger partial charge in [-0.15, -0.1) is 0 Å². The minimum absolute atomic E-state index is 0.00928. The fourth-order valence-corrected chi connectivity index (χ4v) is 1.21. The Hall–Kier alpha value is -1.95. The molecule has 0 aliphatic carbocycles. The van der Waals surface area contributed by atoms with E-state index in [2.05, 4.69) is 22.9 Å². The molecule has 2 amide bonds. The molecule has 0 unspecified atom stereocenters. The van der Waals surface area contributed by atoms with Crippen LogP contribution in [0.3, 0.4) is 0 Å². The number of carbonyl (C=O) groups excluding carboxylic acids is 2. The van der Waals surface area contributed by atoms with Crippen LogP contribution in [0.1, 0.15) is 5.56 Å². The summed E-state index contributed by atoms with van der Waals surface area (Å²) in [4.78, 5) is 22.9. The molecule has 5 nitrogen and oxygen atoms in total. The van der Waals surface area contributed by atoms with Gasteiger partial charge in [0.2, 0.25) is 0 Å². The summed E-state index contributed by atoms with van der Waals surface area (Å²) in [6, 6.07) is 7.17. The van der Waals surface area contributed by atoms with Crippen molar-refractivity contribution in [2.24, 2.45) is 5.73 Å². The summed E-state index contributed by atoms with van der Waals surface area (Å²) in [6.07, 6.45) is 0. The molecular formula is C11H13N3O2S. The van der Waals surface area contributed by atoms with Crippen molar-refractivity contribution in [3.63, 3.8) is 0 Å². The summed E-state index contributed by atoms with van der Waals surface area (Å²) in [5.74, 6) is -1.50. The molecule has 4 N–H and O–H groups in total. The predicted octanol–water partition coefficient (Wildman–Crippen LogP) is 0.336. The SMILES string of the molecule is Cc1ccccc1NC(=O)C(=O)NCC(N)=S. The maximum Gasteiger partial charge on any atom is 0.313 e. The van der Waals surface area contributed by atoms with Crippen LogP contribution in [-0.2, 0) is 9.59 Å². The molecule has 1 aromatic rings. The second-order valence-corrected chi connectivity index (χ2v) is 3.94. The van der Waals surface area contributed by atoms with E-state index in [0.29, 0.717) is 5.69 Å². The summed E-state index contributed by atoms with van der Waals surface area (Å²) in [5, 5.41) is 4.80. The highest BCUT2D eigenvalue weighted by Gasteiger charge is 2.13. The van der Waals surface area contributed by atoms with Gasteiger partial charge in [0.1, 0.15) is 0 Å². The lowest BCUT2D eigenvalue weighted by Gasteiger charge is -2.07. The standard InChI is InChI=1S/C11H13N3O2S/c1-7-4-2-3-5-8(7)14-11(16)10(15)13-6-9(12)17/h2-5H,6H2,1H3,(H2,12,17)(H,13,15)(H,14,16). The number of benzene rings is 1. The van der Waals surface area contributed by atoms with Gasteiger partial charge in [-0.2, -0.15) is 0 Å². The zero-order valence-corrected chi connectivity index (χ0v) is 10.1. The first-order valence-electron chi connectivity index (χ1n) is 4.94. The Kier molecular flexibility index (Phi) is 4.59. The smallest absolute Gasteiger partial charge is 0.313 e. The molecule has 0 aliphatic rings. The number of rotatable bonds is 3. The summed E-state index contributed by atoms with van der Waals surface area (Å²) < 4.78 is 0. The van der Waals surface area contributed by atoms with Gasteiger partial charge < -0.3 is 16.4 Å². The molecule has 0 saturated heterocycles. The van der Waals surface area contributed by atoms with E-state index in [0.717, 1.165) is 5.56 Å². The number of anilines is 1. The predicted molar refractivity (Wildman–Crippen MR) is 69.6 cm³/mol. The largest absolute Gasteiger partial charge is 0.392 e. The Morgan fingerprint density at radius 1 is 1.29 bits per heavy atom. The first-order chi connectivity index (χ1) is 8.00. The van der Waals surface area contributed by atoms with Crippen LogP contribution in [-0.4, -0.2) is 23.3 Å². The lowest BCUT2D eigenvalue weighted by atomic mass is 10.2. The van der Waals surface area contributed by atoms with Gasteiger partial charge in [-0.1, -0.05) is 30.4 Å². The zero-order valence-electron chi connectivity index (χ0n) is 9.32. The van der Waals surface area contributed by atoms with E-state index in [-0.39, 0.29) is 11.5 Å². The normalized spacial score (nSPS) is 9.47. The van der Waals surface area contributed by atoms with E-state index in [1.807, 2.05) is 19.1 Å². The molecule has 0 bridgehead atoms. The number of nitrogens with one attached hydrogen (secondary N) is 2. The Balaban J connectivity index is 2.58. The second-order valence-electron chi connectivity index (χ2n) is 3.42. The summed E-state index contributed by atoms with van der Waals surface area (Å²) in [5.41, 5.74) is 6.68. The topological polar surface area (TPSA) is 84.2 Å². The number of nitrogens with two attached hydrogens (primary N) is 1. The highest BCUT2D eigenvalue weighted by Crippen LogP contribution is 2.12. The Bertz CT molecular complexity index is 460. The van der Waals surface area contributed by atoms with Gasteiger partial charge in [-0.3, -0.25) is 9.59 Å². The number of thiocarbonyl (C=S) groups is 1. The van der Waals surface area contributed by atoms with E-state index in [1.165, 1.54) is 0 Å². The Morgan fingerprint density at radius 2 is 1.94 bits per heavy atom. The fraction of sp³-hybridized carbons (Fsp3) is 0.182. The number of carbonyl (C=O) groups is 2. The second kappa shape index (κ2) is 5.95. The van der Waals surface area contributed by atoms with Gasteiger partial charge in [0.15, 0.2) is 0 Å². The maximum absolute atomic E-state index is 11.5. The van der Waals surface area contributed by atoms with Crippen LogP contribution in [0.5, 0.6) is 0 Å². The minimum atomic E-state index is -0.763. The Morgan fingerprint density at radius 3 is 2.53 bits per heavy atom. The van der Waals surface area contributed by atoms with E-state index in [1.54, 1.807) is 12.1 Å². The van der Waals surface area contributed by atoms with Crippen molar-refractivity contribution < 1.29 is 9.59 Å². The summed E-state index contributed by atoms with van der Waals surface area (Å²) >= 11 is 4.58. The van der Waals surface area contributed by atoms with Crippen molar-refractivity contribution >= 4 is 34.7 Å². The molecule has 1 aromatic carbocycles. The van der Waals surface area contributed by atoms with Crippen LogP contribution in [0.25, 0.3) is 0 Å². The van der Waals surface area contributed by atoms with Crippen LogP contribution in [0.2, 0.25) is 0 Å². The molecule has 0 saturated carbocycles. The third-order valence-corrected chi connectivity index (χ3v) is 2.17. The number of hydrogen-bond acceptors (Lipinski definition) is 3. The third kappa shape index (κ3) is 4.20. The number of para-hydroxylation sites is 1. The lowest BCUT2D eigenvalue weighted by Crippen LogP contribution is -2.39. The maximum atomic E-state index is 11.5. The molecule has 0 aliphatic heterocycles. The molecule has 0 atom stereocenters. The molecule has 0 radical (unpaired) electrons. The molecule has 6 heteroatoms. The molecule has 90 valence electrons. The van der Waals surface area contributed by atoms with Gasteiger partial charge in [0.25, 0.3) is 0 Å². The van der Waals surface area contributed by atoms with Crippen LogP contribution >= 0.6 is 12.2 Å². The van der Waals surface area contributed by atoms with Crippen LogP contribution in [0.15, 0.2) is 24.3 Å². The number of amides is 2. The summed E-state index contributed by atoms with van der Waals surface area (Å²) in [6.45, 7) is 1.85. The highest BCUT2D eigenvalue weighted by molar-refractivity contribution is 7.80. The molecule has 0 fully saturated rings. The highest BCUT2D eigenvalue weighted by atomic mass is 32.1. The number of hydrogen-bond donors (Lipinski definition) is 3. The molecule has 0 heterocycles. The lowest BCUT2D eigenvalue weighted by molar-refractivity contribution is -0.135. The first-order valence-corrected chi connectivity index (χ1v) is 5.34. The van der Waals surface area contributed by atoms with Crippen molar-refractivity contribution in [1.29, 1.82) is 0 Å². The molecule has 1 rings (SSSR count). The van der Waals surface area contributed by atoms with Crippen molar-refractivity contribution in [2.75, 3.05) is 11.9 Å².